The molecule has 9 heteroatoms. The Morgan fingerprint density at radius 1 is 0.880 bits per heavy atom. The molecular weight excluding hydrogens is 348 g/mol. The molecule has 0 rings (SSSR count). The lowest BCUT2D eigenvalue weighted by atomic mass is 10.5. The van der Waals surface area contributed by atoms with Gasteiger partial charge in [-0.2, -0.15) is 0 Å². The van der Waals surface area contributed by atoms with Crippen LogP contribution in [0.1, 0.15) is 27.2 Å². The van der Waals surface area contributed by atoms with Crippen LogP contribution in [0.15, 0.2) is 12.7 Å². The van der Waals surface area contributed by atoms with Gasteiger partial charge in [0.25, 0.3) is 0 Å². The third-order valence-electron chi connectivity index (χ3n) is 2.86. The largest absolute Gasteiger partial charge is 0.501 e. The summed E-state index contributed by atoms with van der Waals surface area (Å²) in [5.74, 6) is -0.863. The number of rotatable bonds is 16. The first-order chi connectivity index (χ1) is 12.0. The highest BCUT2D eigenvalue weighted by molar-refractivity contribution is 6.60. The van der Waals surface area contributed by atoms with Crippen molar-refractivity contribution < 1.29 is 37.1 Å². The van der Waals surface area contributed by atoms with Gasteiger partial charge in [-0.3, -0.25) is 4.79 Å². The summed E-state index contributed by atoms with van der Waals surface area (Å²) < 4.78 is 32.0. The van der Waals surface area contributed by atoms with Crippen molar-refractivity contribution in [3.05, 3.63) is 12.7 Å². The first-order valence-electron chi connectivity index (χ1n) is 8.47. The van der Waals surface area contributed by atoms with Crippen LogP contribution in [0.2, 0.25) is 6.04 Å². The van der Waals surface area contributed by atoms with Crippen LogP contribution < -0.4 is 0 Å². The summed E-state index contributed by atoms with van der Waals surface area (Å²) in [7, 11) is -2.83. The Kier molecular flexibility index (Phi) is 14.3. The van der Waals surface area contributed by atoms with E-state index in [1.54, 1.807) is 0 Å². The van der Waals surface area contributed by atoms with Gasteiger partial charge in [0.05, 0.1) is 13.2 Å². The van der Waals surface area contributed by atoms with Gasteiger partial charge in [-0.15, -0.1) is 0 Å². The zero-order valence-electron chi connectivity index (χ0n) is 15.4. The highest BCUT2D eigenvalue weighted by Gasteiger charge is 2.40. The maximum atomic E-state index is 11.8. The second-order valence-corrected chi connectivity index (χ2v) is 7.42. The maximum absolute atomic E-state index is 11.8. The standard InChI is InChI=1S/C16H30O8Si/c1-5-15(17)20-12-10-19-11-13-21-16(18)9-14-25(22-6-2,23-7-3)24-8-4/h5H,1,6-14H2,2-4H3. The molecule has 0 bridgehead atoms. The van der Waals surface area contributed by atoms with Crippen molar-refractivity contribution in [1.29, 1.82) is 0 Å². The molecule has 25 heavy (non-hydrogen) atoms. The summed E-state index contributed by atoms with van der Waals surface area (Å²) in [6.45, 7) is 11.0. The van der Waals surface area contributed by atoms with Crippen LogP contribution in [-0.2, 0) is 37.1 Å². The van der Waals surface area contributed by atoms with Crippen molar-refractivity contribution in [2.75, 3.05) is 46.2 Å². The Morgan fingerprint density at radius 2 is 1.40 bits per heavy atom. The van der Waals surface area contributed by atoms with Crippen molar-refractivity contribution >= 4 is 20.7 Å². The van der Waals surface area contributed by atoms with Gasteiger partial charge < -0.3 is 27.5 Å². The molecule has 0 atom stereocenters. The Labute approximate surface area is 150 Å². The lowest BCUT2D eigenvalue weighted by Gasteiger charge is -2.28. The molecule has 0 aliphatic rings. The SMILES string of the molecule is C=CC(=O)OCCOCCOC(=O)CC[Si](OCC)(OCC)OCC. The normalized spacial score (nSPS) is 11.2. The van der Waals surface area contributed by atoms with Gasteiger partial charge in [-0.25, -0.2) is 4.79 Å². The maximum Gasteiger partial charge on any atom is 0.501 e. The van der Waals surface area contributed by atoms with Crippen molar-refractivity contribution in [2.24, 2.45) is 0 Å². The molecule has 0 aliphatic heterocycles. The van der Waals surface area contributed by atoms with E-state index < -0.39 is 14.8 Å². The number of carbonyl (C=O) groups is 2. The number of esters is 2. The third kappa shape index (κ3) is 11.8. The van der Waals surface area contributed by atoms with Crippen LogP contribution in [0.4, 0.5) is 0 Å². The summed E-state index contributed by atoms with van der Waals surface area (Å²) in [4.78, 5) is 22.6. The predicted octanol–water partition coefficient (Wildman–Crippen LogP) is 1.71. The van der Waals surface area contributed by atoms with Gasteiger partial charge in [-0.05, 0) is 20.8 Å². The average Bonchev–Trinajstić information content (AvgIpc) is 2.59. The van der Waals surface area contributed by atoms with Gasteiger partial charge in [0.2, 0.25) is 0 Å². The van der Waals surface area contributed by atoms with E-state index in [9.17, 15) is 9.59 Å². The Bertz CT molecular complexity index is 371. The molecule has 0 radical (unpaired) electrons. The van der Waals surface area contributed by atoms with Gasteiger partial charge in [0.1, 0.15) is 13.2 Å². The second-order valence-electron chi connectivity index (χ2n) is 4.69. The highest BCUT2D eigenvalue weighted by atomic mass is 28.4. The van der Waals surface area contributed by atoms with Crippen molar-refractivity contribution in [2.45, 2.75) is 33.2 Å². The molecule has 0 spiro atoms. The van der Waals surface area contributed by atoms with Gasteiger partial charge in [0.15, 0.2) is 0 Å². The summed E-state index contributed by atoms with van der Waals surface area (Å²) in [5.41, 5.74) is 0. The minimum atomic E-state index is -2.83. The predicted molar refractivity (Wildman–Crippen MR) is 93.0 cm³/mol. The molecule has 0 heterocycles. The van der Waals surface area contributed by atoms with Crippen LogP contribution in [0.25, 0.3) is 0 Å². The van der Waals surface area contributed by atoms with Crippen LogP contribution >= 0.6 is 0 Å². The molecule has 8 nitrogen and oxygen atoms in total. The molecule has 0 aromatic carbocycles. The average molecular weight is 378 g/mol. The molecule has 146 valence electrons. The third-order valence-corrected chi connectivity index (χ3v) is 5.91. The number of ether oxygens (including phenoxy) is 3. The van der Waals surface area contributed by atoms with Crippen molar-refractivity contribution in [1.82, 2.24) is 0 Å². The number of carbonyl (C=O) groups excluding carboxylic acids is 2. The smallest absolute Gasteiger partial charge is 0.463 e. The van der Waals surface area contributed by atoms with E-state index >= 15 is 0 Å². The van der Waals surface area contributed by atoms with Crippen molar-refractivity contribution in [3.63, 3.8) is 0 Å². The summed E-state index contributed by atoms with van der Waals surface area (Å²) in [6, 6.07) is 0.375. The molecule has 0 aromatic heterocycles. The lowest BCUT2D eigenvalue weighted by Crippen LogP contribution is -2.46. The molecule has 0 fully saturated rings. The van der Waals surface area contributed by atoms with Gasteiger partial charge >= 0.3 is 20.7 Å². The van der Waals surface area contributed by atoms with E-state index in [-0.39, 0.29) is 38.8 Å². The second kappa shape index (κ2) is 15.0. The van der Waals surface area contributed by atoms with Gasteiger partial charge in [-0.1, -0.05) is 6.58 Å². The van der Waals surface area contributed by atoms with Crippen LogP contribution in [-0.4, -0.2) is 67.0 Å². The Morgan fingerprint density at radius 3 is 1.88 bits per heavy atom. The first-order valence-corrected chi connectivity index (χ1v) is 10.4. The minimum Gasteiger partial charge on any atom is -0.463 e. The van der Waals surface area contributed by atoms with E-state index in [4.69, 9.17) is 27.5 Å². The molecule has 0 aliphatic carbocycles. The minimum absolute atomic E-state index is 0.126. The summed E-state index contributed by atoms with van der Waals surface area (Å²) >= 11 is 0. The Hall–Kier alpha value is -1.26. The summed E-state index contributed by atoms with van der Waals surface area (Å²) in [5, 5.41) is 0. The molecule has 0 saturated heterocycles. The molecule has 0 unspecified atom stereocenters. The van der Waals surface area contributed by atoms with E-state index in [2.05, 4.69) is 6.58 Å². The zero-order valence-corrected chi connectivity index (χ0v) is 16.4. The summed E-state index contributed by atoms with van der Waals surface area (Å²) in [6.07, 6.45) is 1.24. The van der Waals surface area contributed by atoms with Crippen molar-refractivity contribution in [3.8, 4) is 0 Å². The number of hydrogen-bond acceptors (Lipinski definition) is 8. The van der Waals surface area contributed by atoms with Crippen LogP contribution in [0, 0.1) is 0 Å². The molecule has 0 amide bonds. The fraction of sp³-hybridized carbons (Fsp3) is 0.750. The highest BCUT2D eigenvalue weighted by Crippen LogP contribution is 2.18. The lowest BCUT2D eigenvalue weighted by molar-refractivity contribution is -0.145. The Balaban J connectivity index is 3.95. The topological polar surface area (TPSA) is 89.5 Å². The van der Waals surface area contributed by atoms with Crippen LogP contribution in [0.5, 0.6) is 0 Å². The van der Waals surface area contributed by atoms with E-state index in [0.717, 1.165) is 6.08 Å². The monoisotopic (exact) mass is 378 g/mol. The first kappa shape index (κ1) is 23.7. The fourth-order valence-corrected chi connectivity index (χ4v) is 4.42. The molecule has 0 saturated carbocycles. The van der Waals surface area contributed by atoms with E-state index in [1.807, 2.05) is 20.8 Å². The molecule has 0 N–H and O–H groups in total. The van der Waals surface area contributed by atoms with E-state index in [0.29, 0.717) is 25.9 Å². The molecule has 0 aromatic rings. The van der Waals surface area contributed by atoms with Crippen LogP contribution in [0.3, 0.4) is 0 Å². The fourth-order valence-electron chi connectivity index (χ4n) is 1.91. The number of hydrogen-bond donors (Lipinski definition) is 0. The molecular formula is C16H30O8Si. The van der Waals surface area contributed by atoms with E-state index in [1.165, 1.54) is 0 Å². The quantitative estimate of drug-likeness (QED) is 0.174. The zero-order chi connectivity index (χ0) is 19.0. The van der Waals surface area contributed by atoms with Gasteiger partial charge in [0, 0.05) is 38.4 Å².